The topological polar surface area (TPSA) is 79.1 Å². The minimum absolute atomic E-state index is 0.0142. The second-order valence-corrected chi connectivity index (χ2v) is 6.95. The highest BCUT2D eigenvalue weighted by Crippen LogP contribution is 2.40. The van der Waals surface area contributed by atoms with Gasteiger partial charge in [0, 0.05) is 5.56 Å². The van der Waals surface area contributed by atoms with E-state index in [0.29, 0.717) is 6.42 Å². The first kappa shape index (κ1) is 19.8. The summed E-state index contributed by atoms with van der Waals surface area (Å²) in [5, 5.41) is 20.1. The Morgan fingerprint density at radius 3 is 2.48 bits per heavy atom. The molecule has 0 spiro atoms. The average Bonchev–Trinajstić information content (AvgIpc) is 3.34. The quantitative estimate of drug-likeness (QED) is 0.319. The normalized spacial score (nSPS) is 16.0. The summed E-state index contributed by atoms with van der Waals surface area (Å²) >= 11 is 6.18. The fourth-order valence-corrected chi connectivity index (χ4v) is 3.48. The molecule has 0 unspecified atom stereocenters. The Morgan fingerprint density at radius 1 is 1.36 bits per heavy atom. The summed E-state index contributed by atoms with van der Waals surface area (Å²) in [7, 11) is 0. The molecular weight excluding hydrogens is 468 g/mol. The number of hydrogen-bond acceptors (Lipinski definition) is 4. The lowest BCUT2D eigenvalue weighted by atomic mass is 10.0. The molecule has 9 heteroatoms. The first-order valence-corrected chi connectivity index (χ1v) is 9.01. The number of aliphatic hydroxyl groups is 1. The maximum absolute atomic E-state index is 12.6. The number of alkyl halides is 2. The van der Waals surface area contributed by atoms with Gasteiger partial charge in [0.1, 0.15) is 11.3 Å². The molecule has 2 rings (SSSR count). The van der Waals surface area contributed by atoms with Gasteiger partial charge in [-0.2, -0.15) is 8.78 Å². The standard InChI is InChI=1S/C16H15Br2F2NO4/c1-2-10(21-7-3-4-7)11(15(23)24)13(22)8-5-6-9(17)14(12(8)18)25-16(19)20/h5-7,16,22H,2-4H2,1H3,(H,23,24). The lowest BCUT2D eigenvalue weighted by Crippen LogP contribution is -2.15. The highest BCUT2D eigenvalue weighted by molar-refractivity contribution is 9.11. The van der Waals surface area contributed by atoms with Gasteiger partial charge in [-0.3, -0.25) is 4.99 Å². The Hall–Kier alpha value is -1.48. The lowest BCUT2D eigenvalue weighted by molar-refractivity contribution is -0.132. The number of aliphatic hydroxyl groups excluding tert-OH is 1. The third-order valence-electron chi connectivity index (χ3n) is 3.47. The second-order valence-electron chi connectivity index (χ2n) is 5.31. The molecule has 1 fully saturated rings. The zero-order valence-corrected chi connectivity index (χ0v) is 16.3. The van der Waals surface area contributed by atoms with Crippen LogP contribution in [0.15, 0.2) is 31.6 Å². The summed E-state index contributed by atoms with van der Waals surface area (Å²) in [4.78, 5) is 16.0. The van der Waals surface area contributed by atoms with Crippen LogP contribution in [0.5, 0.6) is 5.75 Å². The van der Waals surface area contributed by atoms with Crippen molar-refractivity contribution in [1.82, 2.24) is 0 Å². The summed E-state index contributed by atoms with van der Waals surface area (Å²) in [6.45, 7) is -1.34. The number of halogens is 4. The van der Waals surface area contributed by atoms with E-state index in [1.54, 1.807) is 6.92 Å². The van der Waals surface area contributed by atoms with Gasteiger partial charge in [0.2, 0.25) is 0 Å². The summed E-state index contributed by atoms with van der Waals surface area (Å²) in [5.41, 5.74) is -0.0627. The summed E-state index contributed by atoms with van der Waals surface area (Å²) in [6, 6.07) is 2.86. The van der Waals surface area contributed by atoms with Crippen molar-refractivity contribution in [3.8, 4) is 5.75 Å². The highest BCUT2D eigenvalue weighted by Gasteiger charge is 2.27. The number of rotatable bonds is 7. The Labute approximate surface area is 159 Å². The molecule has 0 atom stereocenters. The molecule has 1 aromatic carbocycles. The van der Waals surface area contributed by atoms with Gasteiger partial charge in [-0.25, -0.2) is 4.79 Å². The van der Waals surface area contributed by atoms with E-state index in [1.807, 2.05) is 0 Å². The van der Waals surface area contributed by atoms with Crippen LogP contribution in [0.3, 0.4) is 0 Å². The maximum atomic E-state index is 12.6. The van der Waals surface area contributed by atoms with Gasteiger partial charge in [-0.1, -0.05) is 6.92 Å². The van der Waals surface area contributed by atoms with Gasteiger partial charge in [-0.05, 0) is 63.3 Å². The molecule has 1 aliphatic carbocycles. The molecule has 0 heterocycles. The van der Waals surface area contributed by atoms with Gasteiger partial charge in [-0.15, -0.1) is 0 Å². The number of aliphatic carboxylic acids is 1. The fraction of sp³-hybridized carbons (Fsp3) is 0.375. The predicted molar refractivity (Wildman–Crippen MR) is 96.4 cm³/mol. The number of ether oxygens (including phenoxy) is 1. The van der Waals surface area contributed by atoms with Crippen LogP contribution >= 0.6 is 31.9 Å². The van der Waals surface area contributed by atoms with Crippen molar-refractivity contribution in [2.24, 2.45) is 4.99 Å². The SMILES string of the molecule is CCC(=NC1CC1)C(C(=O)O)=C(O)c1ccc(Br)c(OC(F)F)c1Br. The van der Waals surface area contributed by atoms with Crippen LogP contribution in [0.25, 0.3) is 5.76 Å². The van der Waals surface area contributed by atoms with Crippen molar-refractivity contribution >= 4 is 49.3 Å². The van der Waals surface area contributed by atoms with Crippen molar-refractivity contribution < 1.29 is 28.5 Å². The lowest BCUT2D eigenvalue weighted by Gasteiger charge is -2.14. The van der Waals surface area contributed by atoms with Crippen molar-refractivity contribution in [2.75, 3.05) is 0 Å². The molecule has 0 amide bonds. The number of carbonyl (C=O) groups is 1. The summed E-state index contributed by atoms with van der Waals surface area (Å²) in [6.07, 6.45) is 2.08. The number of nitrogens with zero attached hydrogens (tertiary/aromatic N) is 1. The average molecular weight is 483 g/mol. The molecule has 1 saturated carbocycles. The minimum Gasteiger partial charge on any atom is -0.506 e. The molecule has 0 radical (unpaired) electrons. The van der Waals surface area contributed by atoms with Crippen molar-refractivity contribution in [3.05, 3.63) is 32.2 Å². The monoisotopic (exact) mass is 481 g/mol. The van der Waals surface area contributed by atoms with E-state index in [9.17, 15) is 23.8 Å². The molecule has 25 heavy (non-hydrogen) atoms. The molecular formula is C16H15Br2F2NO4. The number of carboxylic acids is 1. The molecule has 136 valence electrons. The van der Waals surface area contributed by atoms with Gasteiger partial charge in [0.15, 0.2) is 5.75 Å². The zero-order valence-electron chi connectivity index (χ0n) is 13.1. The molecule has 0 aromatic heterocycles. The molecule has 0 aliphatic heterocycles. The smallest absolute Gasteiger partial charge is 0.387 e. The number of aliphatic imine (C=N–C) groups is 1. The second kappa shape index (κ2) is 8.27. The molecule has 5 nitrogen and oxygen atoms in total. The predicted octanol–water partition coefficient (Wildman–Crippen LogP) is 5.18. The molecule has 0 saturated heterocycles. The largest absolute Gasteiger partial charge is 0.506 e. The first-order valence-electron chi connectivity index (χ1n) is 7.43. The van der Waals surface area contributed by atoms with Crippen LogP contribution in [-0.2, 0) is 4.79 Å². The zero-order chi connectivity index (χ0) is 18.7. The van der Waals surface area contributed by atoms with E-state index in [4.69, 9.17) is 0 Å². The number of carboxylic acid groups (broad SMARTS) is 1. The minimum atomic E-state index is -3.07. The van der Waals surface area contributed by atoms with Crippen LogP contribution in [-0.4, -0.2) is 34.5 Å². The fourth-order valence-electron chi connectivity index (χ4n) is 2.17. The third kappa shape index (κ3) is 4.78. The first-order chi connectivity index (χ1) is 11.8. The van der Waals surface area contributed by atoms with Crippen LogP contribution in [0.1, 0.15) is 31.7 Å². The Balaban J connectivity index is 2.60. The van der Waals surface area contributed by atoms with Gasteiger partial charge in [0.05, 0.1) is 20.7 Å². The third-order valence-corrected chi connectivity index (χ3v) is 4.88. The Bertz CT molecular complexity index is 746. The summed E-state index contributed by atoms with van der Waals surface area (Å²) < 4.78 is 29.8. The number of hydrogen-bond donors (Lipinski definition) is 2. The number of benzene rings is 1. The van der Waals surface area contributed by atoms with E-state index in [-0.39, 0.29) is 37.6 Å². The molecule has 1 aliphatic rings. The maximum Gasteiger partial charge on any atom is 0.387 e. The molecule has 1 aromatic rings. The van der Waals surface area contributed by atoms with Crippen LogP contribution < -0.4 is 4.74 Å². The van der Waals surface area contributed by atoms with E-state index < -0.39 is 18.3 Å². The van der Waals surface area contributed by atoms with E-state index >= 15 is 0 Å². The van der Waals surface area contributed by atoms with E-state index in [1.165, 1.54) is 12.1 Å². The Morgan fingerprint density at radius 2 is 2.00 bits per heavy atom. The highest BCUT2D eigenvalue weighted by atomic mass is 79.9. The van der Waals surface area contributed by atoms with Crippen LogP contribution in [0.2, 0.25) is 0 Å². The van der Waals surface area contributed by atoms with Gasteiger partial charge < -0.3 is 14.9 Å². The van der Waals surface area contributed by atoms with E-state index in [0.717, 1.165) is 12.8 Å². The van der Waals surface area contributed by atoms with Crippen LogP contribution in [0.4, 0.5) is 8.78 Å². The summed E-state index contributed by atoms with van der Waals surface area (Å²) in [5.74, 6) is -2.14. The van der Waals surface area contributed by atoms with Crippen molar-refractivity contribution in [3.63, 3.8) is 0 Å². The Kier molecular flexibility index (Phi) is 6.56. The van der Waals surface area contributed by atoms with E-state index in [2.05, 4.69) is 41.6 Å². The van der Waals surface area contributed by atoms with Crippen LogP contribution in [0, 0.1) is 0 Å². The van der Waals surface area contributed by atoms with Crippen molar-refractivity contribution in [2.45, 2.75) is 38.8 Å². The molecule has 2 N–H and O–H groups in total. The van der Waals surface area contributed by atoms with Crippen molar-refractivity contribution in [1.29, 1.82) is 0 Å². The van der Waals surface area contributed by atoms with Gasteiger partial charge in [0.25, 0.3) is 0 Å². The van der Waals surface area contributed by atoms with Gasteiger partial charge >= 0.3 is 12.6 Å². The molecule has 0 bridgehead atoms.